The zero-order valence-electron chi connectivity index (χ0n) is 15.2. The van der Waals surface area contributed by atoms with E-state index in [4.69, 9.17) is 9.84 Å². The van der Waals surface area contributed by atoms with Gasteiger partial charge in [-0.25, -0.2) is 4.39 Å². The smallest absolute Gasteiger partial charge is 0.317 e. The summed E-state index contributed by atoms with van der Waals surface area (Å²) in [6.07, 6.45) is 3.44. The first kappa shape index (κ1) is 20.2. The highest BCUT2D eigenvalue weighted by molar-refractivity contribution is 5.76. The number of halogens is 1. The maximum Gasteiger partial charge on any atom is 0.317 e. The molecule has 0 aliphatic carbocycles. The van der Waals surface area contributed by atoms with E-state index in [2.05, 4.69) is 0 Å². The molecule has 1 fully saturated rings. The summed E-state index contributed by atoms with van der Waals surface area (Å²) in [7, 11) is 1.82. The lowest BCUT2D eigenvalue weighted by Crippen LogP contribution is -2.37. The summed E-state index contributed by atoms with van der Waals surface area (Å²) in [5, 5.41) is 8.90. The van der Waals surface area contributed by atoms with Crippen molar-refractivity contribution in [1.29, 1.82) is 0 Å². The fraction of sp³-hybridized carbons (Fsp3) is 0.579. The van der Waals surface area contributed by atoms with Crippen LogP contribution in [0, 0.1) is 5.82 Å². The summed E-state index contributed by atoms with van der Waals surface area (Å²) in [6, 6.07) is 6.41. The monoisotopic (exact) mass is 366 g/mol. The molecule has 26 heavy (non-hydrogen) atoms. The van der Waals surface area contributed by atoms with Gasteiger partial charge in [0.2, 0.25) is 5.91 Å². The van der Waals surface area contributed by atoms with Gasteiger partial charge in [0.1, 0.15) is 0 Å². The molecule has 2 rings (SSSR count). The van der Waals surface area contributed by atoms with Crippen molar-refractivity contribution in [2.75, 3.05) is 33.3 Å². The van der Waals surface area contributed by atoms with Gasteiger partial charge in [-0.2, -0.15) is 0 Å². The number of rotatable bonds is 8. The highest BCUT2D eigenvalue weighted by atomic mass is 19.1. The lowest BCUT2D eigenvalue weighted by molar-refractivity contribution is -0.138. The number of ether oxygens (including phenoxy) is 1. The number of carbonyl (C=O) groups excluding carboxylic acids is 1. The fourth-order valence-electron chi connectivity index (χ4n) is 3.24. The maximum absolute atomic E-state index is 13.5. The minimum absolute atomic E-state index is 0.0198. The molecule has 0 bridgehead atoms. The second kappa shape index (κ2) is 10.1. The summed E-state index contributed by atoms with van der Waals surface area (Å²) in [5.41, 5.74) is 0. The van der Waals surface area contributed by atoms with Crippen LogP contribution in [0.4, 0.5) is 4.39 Å². The Morgan fingerprint density at radius 3 is 2.81 bits per heavy atom. The number of hydrogen-bond acceptors (Lipinski definition) is 4. The van der Waals surface area contributed by atoms with E-state index in [9.17, 15) is 14.0 Å². The van der Waals surface area contributed by atoms with Crippen LogP contribution >= 0.6 is 0 Å². The van der Waals surface area contributed by atoms with Gasteiger partial charge in [-0.05, 0) is 44.9 Å². The van der Waals surface area contributed by atoms with Gasteiger partial charge in [-0.1, -0.05) is 12.1 Å². The van der Waals surface area contributed by atoms with Crippen molar-refractivity contribution in [3.8, 4) is 5.75 Å². The second-order valence-corrected chi connectivity index (χ2v) is 6.66. The first-order valence-corrected chi connectivity index (χ1v) is 9.04. The van der Waals surface area contributed by atoms with Crippen molar-refractivity contribution in [1.82, 2.24) is 9.80 Å². The van der Waals surface area contributed by atoms with E-state index in [1.165, 1.54) is 6.07 Å². The van der Waals surface area contributed by atoms with E-state index < -0.39 is 11.8 Å². The topological polar surface area (TPSA) is 70.1 Å². The molecule has 7 heteroatoms. The quantitative estimate of drug-likeness (QED) is 0.716. The Morgan fingerprint density at radius 1 is 1.31 bits per heavy atom. The number of amides is 1. The Hall–Kier alpha value is -2.15. The molecule has 0 saturated carbocycles. The van der Waals surface area contributed by atoms with Gasteiger partial charge in [-0.3, -0.25) is 14.5 Å². The highest BCUT2D eigenvalue weighted by Crippen LogP contribution is 2.18. The zero-order chi connectivity index (χ0) is 18.9. The Kier molecular flexibility index (Phi) is 7.84. The van der Waals surface area contributed by atoms with Gasteiger partial charge in [0.05, 0.1) is 13.2 Å². The molecule has 1 aliphatic rings. The first-order valence-electron chi connectivity index (χ1n) is 9.04. The molecule has 1 heterocycles. The molecule has 1 unspecified atom stereocenters. The van der Waals surface area contributed by atoms with Crippen LogP contribution in [0.25, 0.3) is 0 Å². The number of likely N-dealkylation sites (N-methyl/N-ethyl adjacent to an activating group) is 1. The molecule has 1 aromatic carbocycles. The van der Waals surface area contributed by atoms with E-state index in [-0.39, 0.29) is 24.2 Å². The number of carbonyl (C=O) groups is 2. The van der Waals surface area contributed by atoms with Crippen LogP contribution in [0.5, 0.6) is 5.75 Å². The van der Waals surface area contributed by atoms with Gasteiger partial charge in [-0.15, -0.1) is 0 Å². The zero-order valence-corrected chi connectivity index (χ0v) is 15.2. The number of hydrogen-bond donors (Lipinski definition) is 1. The Labute approximate surface area is 153 Å². The lowest BCUT2D eigenvalue weighted by Gasteiger charge is -2.25. The van der Waals surface area contributed by atoms with Gasteiger partial charge in [0.25, 0.3) is 0 Å². The van der Waals surface area contributed by atoms with Gasteiger partial charge >= 0.3 is 5.97 Å². The number of benzene rings is 1. The molecular formula is C19H27FN2O4. The number of likely N-dealkylation sites (tertiary alicyclic amines) is 1. The molecule has 1 amide bonds. The van der Waals surface area contributed by atoms with Crippen molar-refractivity contribution in [3.05, 3.63) is 30.1 Å². The van der Waals surface area contributed by atoms with Gasteiger partial charge in [0, 0.05) is 25.6 Å². The molecule has 0 spiro atoms. The lowest BCUT2D eigenvalue weighted by atomic mass is 10.1. The third-order valence-corrected chi connectivity index (χ3v) is 4.69. The van der Waals surface area contributed by atoms with Crippen LogP contribution in [0.3, 0.4) is 0 Å². The van der Waals surface area contributed by atoms with Crippen LogP contribution in [0.15, 0.2) is 24.3 Å². The number of carboxylic acid groups (broad SMARTS) is 1. The van der Waals surface area contributed by atoms with Crippen LogP contribution in [0.2, 0.25) is 0 Å². The van der Waals surface area contributed by atoms with Crippen LogP contribution < -0.4 is 4.74 Å². The summed E-state index contributed by atoms with van der Waals surface area (Å²) in [6.45, 7) is 1.66. The average Bonchev–Trinajstić information content (AvgIpc) is 2.85. The summed E-state index contributed by atoms with van der Waals surface area (Å²) < 4.78 is 18.8. The van der Waals surface area contributed by atoms with E-state index in [0.717, 1.165) is 19.3 Å². The first-order chi connectivity index (χ1) is 12.5. The highest BCUT2D eigenvalue weighted by Gasteiger charge is 2.23. The molecular weight excluding hydrogens is 339 g/mol. The van der Waals surface area contributed by atoms with E-state index in [0.29, 0.717) is 32.5 Å². The minimum Gasteiger partial charge on any atom is -0.491 e. The standard InChI is InChI=1S/C19H27FN2O4/c1-21(14-19(24)25)15-6-4-11-22(12-10-15)18(23)9-5-13-26-17-8-3-2-7-16(17)20/h2-3,7-8,15H,4-6,9-14H2,1H3,(H,24,25). The number of carboxylic acids is 1. The van der Waals surface area contributed by atoms with Gasteiger partial charge < -0.3 is 14.7 Å². The fourth-order valence-corrected chi connectivity index (χ4v) is 3.24. The van der Waals surface area contributed by atoms with Crippen molar-refractivity contribution in [3.63, 3.8) is 0 Å². The molecule has 0 aromatic heterocycles. The third kappa shape index (κ3) is 6.29. The summed E-state index contributed by atoms with van der Waals surface area (Å²) >= 11 is 0. The van der Waals surface area contributed by atoms with Crippen LogP contribution in [0.1, 0.15) is 32.1 Å². The van der Waals surface area contributed by atoms with Crippen LogP contribution in [-0.4, -0.2) is 66.1 Å². The summed E-state index contributed by atoms with van der Waals surface area (Å²) in [4.78, 5) is 26.9. The number of para-hydroxylation sites is 1. The van der Waals surface area contributed by atoms with Crippen molar-refractivity contribution in [2.45, 2.75) is 38.1 Å². The van der Waals surface area contributed by atoms with Crippen molar-refractivity contribution in [2.24, 2.45) is 0 Å². The molecule has 1 saturated heterocycles. The Balaban J connectivity index is 1.71. The van der Waals surface area contributed by atoms with E-state index in [1.807, 2.05) is 16.8 Å². The molecule has 1 atom stereocenters. The largest absolute Gasteiger partial charge is 0.491 e. The van der Waals surface area contributed by atoms with Crippen molar-refractivity contribution >= 4 is 11.9 Å². The maximum atomic E-state index is 13.5. The second-order valence-electron chi connectivity index (χ2n) is 6.66. The predicted octanol–water partition coefficient (Wildman–Crippen LogP) is 2.38. The third-order valence-electron chi connectivity index (χ3n) is 4.69. The molecule has 1 aromatic rings. The summed E-state index contributed by atoms with van der Waals surface area (Å²) in [5.74, 6) is -0.954. The predicted molar refractivity (Wildman–Crippen MR) is 95.6 cm³/mol. The average molecular weight is 366 g/mol. The van der Waals surface area contributed by atoms with Crippen molar-refractivity contribution < 1.29 is 23.8 Å². The molecule has 6 nitrogen and oxygen atoms in total. The molecule has 1 N–H and O–H groups in total. The SMILES string of the molecule is CN(CC(=O)O)C1CCCN(C(=O)CCCOc2ccccc2F)CC1. The van der Waals surface area contributed by atoms with Crippen LogP contribution in [-0.2, 0) is 9.59 Å². The number of aliphatic carboxylic acids is 1. The molecule has 144 valence electrons. The molecule has 0 radical (unpaired) electrons. The van der Waals surface area contributed by atoms with Gasteiger partial charge in [0.15, 0.2) is 11.6 Å². The molecule has 1 aliphatic heterocycles. The van der Waals surface area contributed by atoms with E-state index >= 15 is 0 Å². The Morgan fingerprint density at radius 2 is 2.08 bits per heavy atom. The van der Waals surface area contributed by atoms with E-state index in [1.54, 1.807) is 18.2 Å². The Bertz CT molecular complexity index is 611. The minimum atomic E-state index is -0.834. The number of nitrogens with zero attached hydrogens (tertiary/aromatic N) is 2. The normalized spacial score (nSPS) is 17.8.